The highest BCUT2D eigenvalue weighted by atomic mass is 16.6. The summed E-state index contributed by atoms with van der Waals surface area (Å²) in [6.45, 7) is 2.31. The number of carbonyl (C=O) groups is 2. The number of rotatable bonds is 6. The minimum absolute atomic E-state index is 0.0869. The summed E-state index contributed by atoms with van der Waals surface area (Å²) in [6, 6.07) is 5.61. The molecule has 3 heterocycles. The first kappa shape index (κ1) is 19.7. The standard InChI is InChI=1S/C19H27N3O5/c23-17(5-4-15-3-1-2-8-20-15)21-14-19(25)6-9-22(10-7-19)18(24)16-13-26-11-12-27-16/h1-3,8,16,25H,4-7,9-14H2,(H,21,23). The van der Waals surface area contributed by atoms with Crippen molar-refractivity contribution in [2.24, 2.45) is 0 Å². The molecule has 0 radical (unpaired) electrons. The van der Waals surface area contributed by atoms with Crippen molar-refractivity contribution in [3.05, 3.63) is 30.1 Å². The molecular weight excluding hydrogens is 350 g/mol. The summed E-state index contributed by atoms with van der Waals surface area (Å²) in [6.07, 6.45) is 2.90. The van der Waals surface area contributed by atoms with E-state index in [2.05, 4.69) is 10.3 Å². The Labute approximate surface area is 158 Å². The van der Waals surface area contributed by atoms with Gasteiger partial charge in [-0.05, 0) is 31.4 Å². The zero-order valence-electron chi connectivity index (χ0n) is 15.4. The summed E-state index contributed by atoms with van der Waals surface area (Å²) in [5, 5.41) is 13.5. The maximum atomic E-state index is 12.4. The molecule has 2 fully saturated rings. The van der Waals surface area contributed by atoms with E-state index < -0.39 is 11.7 Å². The normalized spacial score (nSPS) is 22.3. The Morgan fingerprint density at radius 3 is 2.78 bits per heavy atom. The highest BCUT2D eigenvalue weighted by molar-refractivity contribution is 5.81. The zero-order chi connectivity index (χ0) is 19.1. The smallest absolute Gasteiger partial charge is 0.254 e. The van der Waals surface area contributed by atoms with Gasteiger partial charge in [0, 0.05) is 37.9 Å². The second-order valence-electron chi connectivity index (χ2n) is 7.08. The monoisotopic (exact) mass is 377 g/mol. The molecule has 8 heteroatoms. The van der Waals surface area contributed by atoms with Crippen LogP contribution in [-0.2, 0) is 25.5 Å². The van der Waals surface area contributed by atoms with E-state index in [1.54, 1.807) is 11.1 Å². The predicted octanol–water partition coefficient (Wildman–Crippen LogP) is -0.101. The number of nitrogens with one attached hydrogen (secondary N) is 1. The van der Waals surface area contributed by atoms with Crippen molar-refractivity contribution in [1.29, 1.82) is 0 Å². The number of piperidine rings is 1. The molecule has 2 N–H and O–H groups in total. The fourth-order valence-electron chi connectivity index (χ4n) is 3.29. The molecule has 2 aliphatic rings. The number of ether oxygens (including phenoxy) is 2. The molecule has 148 valence electrons. The van der Waals surface area contributed by atoms with Gasteiger partial charge in [0.05, 0.1) is 25.4 Å². The van der Waals surface area contributed by atoms with E-state index in [4.69, 9.17) is 9.47 Å². The topological polar surface area (TPSA) is 101 Å². The summed E-state index contributed by atoms with van der Waals surface area (Å²) >= 11 is 0. The lowest BCUT2D eigenvalue weighted by Crippen LogP contribution is -2.54. The van der Waals surface area contributed by atoms with Gasteiger partial charge in [0.25, 0.3) is 5.91 Å². The lowest BCUT2D eigenvalue weighted by molar-refractivity contribution is -0.161. The average molecular weight is 377 g/mol. The maximum Gasteiger partial charge on any atom is 0.254 e. The minimum atomic E-state index is -0.985. The van der Waals surface area contributed by atoms with Crippen LogP contribution in [0, 0.1) is 0 Å². The van der Waals surface area contributed by atoms with Crippen molar-refractivity contribution in [2.45, 2.75) is 37.4 Å². The SMILES string of the molecule is O=C(CCc1ccccn1)NCC1(O)CCN(C(=O)C2COCCO2)CC1. The van der Waals surface area contributed by atoms with Gasteiger partial charge in [0.1, 0.15) is 0 Å². The minimum Gasteiger partial charge on any atom is -0.388 e. The Kier molecular flexibility index (Phi) is 6.76. The number of nitrogens with zero attached hydrogens (tertiary/aromatic N) is 2. The lowest BCUT2D eigenvalue weighted by atomic mass is 9.91. The van der Waals surface area contributed by atoms with Crippen LogP contribution in [-0.4, -0.2) is 78.0 Å². The molecule has 3 rings (SSSR count). The number of hydrogen-bond acceptors (Lipinski definition) is 6. The van der Waals surface area contributed by atoms with Crippen molar-refractivity contribution >= 4 is 11.8 Å². The van der Waals surface area contributed by atoms with E-state index in [0.29, 0.717) is 52.0 Å². The lowest BCUT2D eigenvalue weighted by Gasteiger charge is -2.39. The van der Waals surface area contributed by atoms with Gasteiger partial charge in [0.2, 0.25) is 5.91 Å². The number of hydrogen-bond donors (Lipinski definition) is 2. The van der Waals surface area contributed by atoms with Crippen molar-refractivity contribution in [3.8, 4) is 0 Å². The Balaban J connectivity index is 1.38. The quantitative estimate of drug-likeness (QED) is 0.718. The Morgan fingerprint density at radius 2 is 2.11 bits per heavy atom. The summed E-state index contributed by atoms with van der Waals surface area (Å²) in [7, 11) is 0. The van der Waals surface area contributed by atoms with Gasteiger partial charge >= 0.3 is 0 Å². The molecule has 2 amide bonds. The molecule has 0 aliphatic carbocycles. The Bertz CT molecular complexity index is 625. The van der Waals surface area contributed by atoms with Gasteiger partial charge in [-0.3, -0.25) is 14.6 Å². The molecule has 0 saturated carbocycles. The third kappa shape index (κ3) is 5.72. The molecule has 0 bridgehead atoms. The molecule has 2 aliphatic heterocycles. The number of aliphatic hydroxyl groups is 1. The number of amides is 2. The molecule has 1 atom stereocenters. The first-order valence-electron chi connectivity index (χ1n) is 9.43. The number of carbonyl (C=O) groups excluding carboxylic acids is 2. The first-order valence-corrected chi connectivity index (χ1v) is 9.43. The zero-order valence-corrected chi connectivity index (χ0v) is 15.4. The van der Waals surface area contributed by atoms with E-state index in [-0.39, 0.29) is 25.0 Å². The van der Waals surface area contributed by atoms with Crippen molar-refractivity contribution in [3.63, 3.8) is 0 Å². The van der Waals surface area contributed by atoms with Crippen LogP contribution in [0.1, 0.15) is 25.0 Å². The highest BCUT2D eigenvalue weighted by Crippen LogP contribution is 2.22. The number of pyridine rings is 1. The third-order valence-electron chi connectivity index (χ3n) is 5.05. The van der Waals surface area contributed by atoms with Crippen molar-refractivity contribution in [1.82, 2.24) is 15.2 Å². The molecule has 0 aromatic carbocycles. The molecule has 8 nitrogen and oxygen atoms in total. The van der Waals surface area contributed by atoms with Crippen LogP contribution in [0.5, 0.6) is 0 Å². The molecule has 27 heavy (non-hydrogen) atoms. The number of aryl methyl sites for hydroxylation is 1. The first-order chi connectivity index (χ1) is 13.1. The van der Waals surface area contributed by atoms with Gasteiger partial charge in [-0.15, -0.1) is 0 Å². The fourth-order valence-corrected chi connectivity index (χ4v) is 3.29. The number of aromatic nitrogens is 1. The van der Waals surface area contributed by atoms with Gasteiger partial charge < -0.3 is 24.8 Å². The summed E-state index contributed by atoms with van der Waals surface area (Å²) in [4.78, 5) is 30.3. The molecule has 0 spiro atoms. The van der Waals surface area contributed by atoms with Gasteiger partial charge in [-0.1, -0.05) is 6.07 Å². The maximum absolute atomic E-state index is 12.4. The summed E-state index contributed by atoms with van der Waals surface area (Å²) in [5.41, 5.74) is -0.117. The van der Waals surface area contributed by atoms with E-state index in [9.17, 15) is 14.7 Å². The van der Waals surface area contributed by atoms with Gasteiger partial charge in [-0.2, -0.15) is 0 Å². The van der Waals surface area contributed by atoms with Crippen LogP contribution >= 0.6 is 0 Å². The molecule has 1 aromatic rings. The fraction of sp³-hybridized carbons (Fsp3) is 0.632. The second kappa shape index (κ2) is 9.25. The van der Waals surface area contributed by atoms with Crippen molar-refractivity contribution < 1.29 is 24.2 Å². The molecule has 2 saturated heterocycles. The van der Waals surface area contributed by atoms with Crippen LogP contribution in [0.15, 0.2) is 24.4 Å². The van der Waals surface area contributed by atoms with E-state index in [1.807, 2.05) is 18.2 Å². The van der Waals surface area contributed by atoms with Gasteiger partial charge in [0.15, 0.2) is 6.10 Å². The van der Waals surface area contributed by atoms with Crippen LogP contribution in [0.4, 0.5) is 0 Å². The van der Waals surface area contributed by atoms with E-state index in [0.717, 1.165) is 5.69 Å². The Hall–Kier alpha value is -2.03. The highest BCUT2D eigenvalue weighted by Gasteiger charge is 2.36. The van der Waals surface area contributed by atoms with Crippen LogP contribution in [0.25, 0.3) is 0 Å². The van der Waals surface area contributed by atoms with Gasteiger partial charge in [-0.25, -0.2) is 0 Å². The number of likely N-dealkylation sites (tertiary alicyclic amines) is 1. The van der Waals surface area contributed by atoms with E-state index in [1.165, 1.54) is 0 Å². The van der Waals surface area contributed by atoms with E-state index >= 15 is 0 Å². The van der Waals surface area contributed by atoms with Crippen LogP contribution in [0.3, 0.4) is 0 Å². The van der Waals surface area contributed by atoms with Crippen LogP contribution in [0.2, 0.25) is 0 Å². The van der Waals surface area contributed by atoms with Crippen LogP contribution < -0.4 is 5.32 Å². The molecular formula is C19H27N3O5. The molecule has 1 aromatic heterocycles. The second-order valence-corrected chi connectivity index (χ2v) is 7.08. The Morgan fingerprint density at radius 1 is 1.30 bits per heavy atom. The predicted molar refractivity (Wildman–Crippen MR) is 96.9 cm³/mol. The molecule has 1 unspecified atom stereocenters. The third-order valence-corrected chi connectivity index (χ3v) is 5.05. The largest absolute Gasteiger partial charge is 0.388 e. The summed E-state index contributed by atoms with van der Waals surface area (Å²) in [5.74, 6) is -0.198. The van der Waals surface area contributed by atoms with Crippen molar-refractivity contribution in [2.75, 3.05) is 39.5 Å². The summed E-state index contributed by atoms with van der Waals surface area (Å²) < 4.78 is 10.7. The average Bonchev–Trinajstić information content (AvgIpc) is 2.72.